The monoisotopic (exact) mass is 402 g/mol. The van der Waals surface area contributed by atoms with Crippen LogP contribution in [-0.2, 0) is 17.3 Å². The van der Waals surface area contributed by atoms with E-state index in [1.165, 1.54) is 17.2 Å². The minimum absolute atomic E-state index is 1.16. The quantitative estimate of drug-likeness (QED) is 0.713. The average molecular weight is 402 g/mol. The molecule has 0 spiro atoms. The van der Waals surface area contributed by atoms with Crippen molar-refractivity contribution in [3.63, 3.8) is 0 Å². The van der Waals surface area contributed by atoms with Crippen molar-refractivity contribution >= 4 is 14.7 Å². The van der Waals surface area contributed by atoms with E-state index in [1.54, 1.807) is 7.92 Å². The molecule has 0 nitrogen and oxygen atoms in total. The molecule has 0 amide bonds. The molecule has 0 fully saturated rings. The van der Waals surface area contributed by atoms with Crippen LogP contribution in [-0.4, -0.2) is 0 Å². The molecule has 17 heavy (non-hydrogen) atoms. The van der Waals surface area contributed by atoms with Gasteiger partial charge in [-0.2, -0.15) is 0 Å². The van der Waals surface area contributed by atoms with Gasteiger partial charge in [-0.1, -0.05) is 0 Å². The summed E-state index contributed by atoms with van der Waals surface area (Å²) < 4.78 is 3.27. The Morgan fingerprint density at radius 2 is 1.82 bits per heavy atom. The molecule has 0 saturated carbocycles. The topological polar surface area (TPSA) is 0 Å². The van der Waals surface area contributed by atoms with Crippen molar-refractivity contribution in [2.75, 3.05) is 0 Å². The number of benzene rings is 2. The van der Waals surface area contributed by atoms with Gasteiger partial charge in [0.2, 0.25) is 0 Å². The zero-order valence-electron chi connectivity index (χ0n) is 9.80. The van der Waals surface area contributed by atoms with E-state index in [9.17, 15) is 0 Å². The molecule has 0 unspecified atom stereocenters. The second-order valence-electron chi connectivity index (χ2n) is 4.03. The van der Waals surface area contributed by atoms with Crippen molar-refractivity contribution in [3.8, 4) is 0 Å². The predicted octanol–water partition coefficient (Wildman–Crippen LogP) is 3.98. The van der Waals surface area contributed by atoms with E-state index >= 15 is 0 Å². The summed E-state index contributed by atoms with van der Waals surface area (Å²) in [6, 6.07) is 15.5. The molecule has 1 aliphatic carbocycles. The van der Waals surface area contributed by atoms with E-state index in [2.05, 4.69) is 66.0 Å². The predicted molar refractivity (Wildman–Crippen MR) is 71.3 cm³/mol. The molecule has 0 saturated heterocycles. The van der Waals surface area contributed by atoms with Crippen LogP contribution in [0.15, 0.2) is 64.7 Å². The van der Waals surface area contributed by atoms with E-state index in [0.717, 1.165) is 0 Å². The molecule has 0 atom stereocenters. The fourth-order valence-corrected chi connectivity index (χ4v) is 6.82. The molecule has 3 rings (SSSR count). The zero-order chi connectivity index (χ0) is 11.7. The Morgan fingerprint density at radius 3 is 2.65 bits per heavy atom. The van der Waals surface area contributed by atoms with Crippen LogP contribution in [0.25, 0.3) is 10.8 Å². The third-order valence-electron chi connectivity index (χ3n) is 2.97. The van der Waals surface area contributed by atoms with Crippen LogP contribution in [0.5, 0.6) is 0 Å². The fraction of sp³-hybridized carbons (Fsp3) is 0.125. The van der Waals surface area contributed by atoms with Crippen molar-refractivity contribution in [1.29, 1.82) is 0 Å². The molecule has 0 aromatic heterocycles. The third kappa shape index (κ3) is 2.03. The summed E-state index contributed by atoms with van der Waals surface area (Å²) in [7, 11) is 0. The summed E-state index contributed by atoms with van der Waals surface area (Å²) in [6.07, 6.45) is 7.97. The maximum absolute atomic E-state index is 2.46. The molecule has 1 aliphatic rings. The first-order valence-corrected chi connectivity index (χ1v) is 10.2. The second-order valence-corrected chi connectivity index (χ2v) is 9.55. The Kier molecular flexibility index (Phi) is 2.99. The van der Waals surface area contributed by atoms with E-state index in [1.807, 2.05) is 0 Å². The Morgan fingerprint density at radius 1 is 1.00 bits per heavy atom. The fourth-order valence-electron chi connectivity index (χ4n) is 2.07. The first kappa shape index (κ1) is 11.0. The van der Waals surface area contributed by atoms with E-state index < -0.39 is 17.3 Å². The van der Waals surface area contributed by atoms with Crippen molar-refractivity contribution in [1.82, 2.24) is 0 Å². The number of fused-ring (bicyclic) bond motifs is 1. The van der Waals surface area contributed by atoms with Gasteiger partial charge in [0.05, 0.1) is 0 Å². The van der Waals surface area contributed by atoms with E-state index in [-0.39, 0.29) is 0 Å². The average Bonchev–Trinajstić information content (AvgIpc) is 2.91. The molecule has 0 radical (unpaired) electrons. The van der Waals surface area contributed by atoms with Gasteiger partial charge in [0.15, 0.2) is 0 Å². The Hall–Kier alpha value is -1.13. The minimum atomic E-state index is -1.16. The van der Waals surface area contributed by atoms with Gasteiger partial charge in [-0.3, -0.25) is 0 Å². The molecule has 0 N–H and O–H groups in total. The number of hydrogen-bond donors (Lipinski definition) is 0. The van der Waals surface area contributed by atoms with E-state index in [4.69, 9.17) is 0 Å². The first-order chi connectivity index (χ1) is 8.36. The van der Waals surface area contributed by atoms with Crippen LogP contribution in [0, 0.1) is 0 Å². The third-order valence-corrected chi connectivity index (χ3v) is 8.83. The Bertz CT molecular complexity index is 602. The number of allylic oxidation sites excluding steroid dienone is 4. The van der Waals surface area contributed by atoms with Crippen molar-refractivity contribution < 1.29 is 17.3 Å². The van der Waals surface area contributed by atoms with Gasteiger partial charge in [0, 0.05) is 0 Å². The van der Waals surface area contributed by atoms with Gasteiger partial charge < -0.3 is 0 Å². The summed E-state index contributed by atoms with van der Waals surface area (Å²) in [4.78, 5) is 0. The standard InChI is InChI=1S/C10H7.C5H5.CH3.Pt/c1-2-6-10-8-4-3-7-9(10)5-1;1-2-4-5-3-1;;/h1-7H;1-3H,4H2;1H3;. The summed E-state index contributed by atoms with van der Waals surface area (Å²) in [5.74, 6) is 0. The van der Waals surface area contributed by atoms with Crippen LogP contribution >= 0.6 is 0 Å². The molecule has 89 valence electrons. The second kappa shape index (κ2) is 4.62. The van der Waals surface area contributed by atoms with Crippen LogP contribution in [0.4, 0.5) is 0 Å². The van der Waals surface area contributed by atoms with Gasteiger partial charge in [-0.05, 0) is 0 Å². The van der Waals surface area contributed by atoms with Gasteiger partial charge in [-0.25, -0.2) is 0 Å². The first-order valence-electron chi connectivity index (χ1n) is 5.67. The molecular weight excluding hydrogens is 387 g/mol. The van der Waals surface area contributed by atoms with Crippen LogP contribution in [0.1, 0.15) is 6.42 Å². The van der Waals surface area contributed by atoms with Crippen molar-refractivity contribution in [2.24, 2.45) is 0 Å². The van der Waals surface area contributed by atoms with Crippen LogP contribution < -0.4 is 3.95 Å². The van der Waals surface area contributed by atoms with Crippen molar-refractivity contribution in [3.05, 3.63) is 64.7 Å². The number of rotatable bonds is 2. The zero-order valence-corrected chi connectivity index (χ0v) is 12.1. The van der Waals surface area contributed by atoms with Gasteiger partial charge in [-0.15, -0.1) is 0 Å². The summed E-state index contributed by atoms with van der Waals surface area (Å²) in [5.41, 5.74) is 0. The van der Waals surface area contributed by atoms with Gasteiger partial charge >= 0.3 is 108 Å². The van der Waals surface area contributed by atoms with Gasteiger partial charge in [0.1, 0.15) is 0 Å². The molecule has 2 aromatic carbocycles. The summed E-state index contributed by atoms with van der Waals surface area (Å²) >= 11 is -1.16. The summed E-state index contributed by atoms with van der Waals surface area (Å²) in [6.45, 7) is 0. The van der Waals surface area contributed by atoms with Crippen LogP contribution in [0.2, 0.25) is 5.31 Å². The molecule has 0 bridgehead atoms. The molecule has 0 aliphatic heterocycles. The number of hydrogen-bond acceptors (Lipinski definition) is 0. The van der Waals surface area contributed by atoms with Crippen molar-refractivity contribution in [2.45, 2.75) is 11.7 Å². The Balaban J connectivity index is 2.11. The molecule has 2 aromatic rings. The summed E-state index contributed by atoms with van der Waals surface area (Å²) in [5, 5.41) is 5.29. The van der Waals surface area contributed by atoms with E-state index in [0.29, 0.717) is 0 Å². The SMILES string of the molecule is [CH3][Pt]([C]1=CC=CC1)[c]1cccc2ccccc12. The Labute approximate surface area is 108 Å². The molecule has 0 heterocycles. The normalized spacial score (nSPS) is 15.1. The molecular formula is C16H15Pt. The van der Waals surface area contributed by atoms with Crippen LogP contribution in [0.3, 0.4) is 0 Å². The maximum atomic E-state index is 2.46. The van der Waals surface area contributed by atoms with Gasteiger partial charge in [0.25, 0.3) is 0 Å². The molecule has 1 heteroatoms.